The Morgan fingerprint density at radius 1 is 1.29 bits per heavy atom. The van der Waals surface area contributed by atoms with Crippen molar-refractivity contribution in [3.8, 4) is 5.75 Å². The number of ether oxygens (including phenoxy) is 1. The summed E-state index contributed by atoms with van der Waals surface area (Å²) in [6.45, 7) is 0.335. The molecule has 21 heavy (non-hydrogen) atoms. The van der Waals surface area contributed by atoms with Crippen LogP contribution in [0.25, 0.3) is 0 Å². The van der Waals surface area contributed by atoms with Gasteiger partial charge in [-0.25, -0.2) is 4.98 Å². The van der Waals surface area contributed by atoms with Gasteiger partial charge in [0.1, 0.15) is 11.6 Å². The summed E-state index contributed by atoms with van der Waals surface area (Å²) in [6.07, 6.45) is -3.71. The van der Waals surface area contributed by atoms with Crippen molar-refractivity contribution in [2.45, 2.75) is 12.7 Å². The number of pyridine rings is 1. The van der Waals surface area contributed by atoms with Gasteiger partial charge in [-0.3, -0.25) is 0 Å². The highest BCUT2D eigenvalue weighted by Gasteiger charge is 2.31. The Bertz CT molecular complexity index is 632. The van der Waals surface area contributed by atoms with E-state index < -0.39 is 11.7 Å². The number of rotatable bonds is 4. The van der Waals surface area contributed by atoms with Crippen molar-refractivity contribution >= 4 is 17.4 Å². The molecule has 0 spiro atoms. The lowest BCUT2D eigenvalue weighted by Crippen LogP contribution is -2.08. The van der Waals surface area contributed by atoms with Crippen molar-refractivity contribution in [3.63, 3.8) is 0 Å². The van der Waals surface area contributed by atoms with Gasteiger partial charge in [0.2, 0.25) is 0 Å². The smallest absolute Gasteiger partial charge is 0.417 e. The van der Waals surface area contributed by atoms with Crippen LogP contribution in [0.1, 0.15) is 11.1 Å². The summed E-state index contributed by atoms with van der Waals surface area (Å²) in [5, 5.41) is 2.81. The van der Waals surface area contributed by atoms with E-state index in [-0.39, 0.29) is 10.8 Å². The monoisotopic (exact) mass is 316 g/mol. The van der Waals surface area contributed by atoms with Crippen molar-refractivity contribution in [2.75, 3.05) is 12.4 Å². The van der Waals surface area contributed by atoms with Crippen LogP contribution < -0.4 is 10.1 Å². The fourth-order valence-electron chi connectivity index (χ4n) is 1.75. The number of hydrogen-bond donors (Lipinski definition) is 1. The van der Waals surface area contributed by atoms with Gasteiger partial charge in [0, 0.05) is 18.3 Å². The largest absolute Gasteiger partial charge is 0.496 e. The Morgan fingerprint density at radius 2 is 2.00 bits per heavy atom. The maximum absolute atomic E-state index is 12.5. The molecule has 1 aromatic heterocycles. The Balaban J connectivity index is 2.14. The van der Waals surface area contributed by atoms with Crippen LogP contribution in [0.3, 0.4) is 0 Å². The molecule has 2 aromatic rings. The van der Waals surface area contributed by atoms with Crippen LogP contribution >= 0.6 is 11.6 Å². The first kappa shape index (κ1) is 15.4. The molecule has 3 nitrogen and oxygen atoms in total. The third kappa shape index (κ3) is 3.78. The first-order valence-corrected chi connectivity index (χ1v) is 6.38. The molecule has 1 heterocycles. The van der Waals surface area contributed by atoms with Crippen LogP contribution in [0.4, 0.5) is 19.0 Å². The fraction of sp³-hybridized carbons (Fsp3) is 0.214. The number of anilines is 1. The summed E-state index contributed by atoms with van der Waals surface area (Å²) >= 11 is 5.82. The second-order valence-corrected chi connectivity index (χ2v) is 4.62. The van der Waals surface area contributed by atoms with Crippen molar-refractivity contribution in [1.29, 1.82) is 0 Å². The van der Waals surface area contributed by atoms with E-state index in [0.29, 0.717) is 12.3 Å². The average Bonchev–Trinajstić information content (AvgIpc) is 2.45. The minimum Gasteiger partial charge on any atom is -0.496 e. The van der Waals surface area contributed by atoms with Crippen molar-refractivity contribution in [1.82, 2.24) is 4.98 Å². The average molecular weight is 317 g/mol. The first-order chi connectivity index (χ1) is 9.91. The predicted molar refractivity (Wildman–Crippen MR) is 74.6 cm³/mol. The Morgan fingerprint density at radius 3 is 2.62 bits per heavy atom. The van der Waals surface area contributed by atoms with Crippen LogP contribution in [0, 0.1) is 0 Å². The normalized spacial score (nSPS) is 11.3. The lowest BCUT2D eigenvalue weighted by atomic mass is 10.2. The predicted octanol–water partition coefficient (Wildman–Crippen LogP) is 4.37. The molecule has 0 radical (unpaired) electrons. The molecule has 1 N–H and O–H groups in total. The summed E-state index contributed by atoms with van der Waals surface area (Å²) in [7, 11) is 1.54. The van der Waals surface area contributed by atoms with E-state index >= 15 is 0 Å². The van der Waals surface area contributed by atoms with Gasteiger partial charge in [0.05, 0.1) is 17.7 Å². The second kappa shape index (κ2) is 6.22. The van der Waals surface area contributed by atoms with E-state index in [4.69, 9.17) is 16.3 Å². The third-order valence-electron chi connectivity index (χ3n) is 2.81. The van der Waals surface area contributed by atoms with Gasteiger partial charge in [-0.2, -0.15) is 13.2 Å². The van der Waals surface area contributed by atoms with E-state index in [2.05, 4.69) is 10.3 Å². The highest BCUT2D eigenvalue weighted by molar-refractivity contribution is 6.32. The number of nitrogens with zero attached hydrogens (tertiary/aromatic N) is 1. The minimum absolute atomic E-state index is 0.0836. The SMILES string of the molecule is COc1ccccc1CNc1ncc(C(F)(F)F)cc1Cl. The number of nitrogens with one attached hydrogen (secondary N) is 1. The molecule has 0 aliphatic rings. The third-order valence-corrected chi connectivity index (χ3v) is 3.10. The van der Waals surface area contributed by atoms with Gasteiger partial charge >= 0.3 is 6.18 Å². The maximum atomic E-state index is 12.5. The lowest BCUT2D eigenvalue weighted by Gasteiger charge is -2.12. The zero-order chi connectivity index (χ0) is 15.5. The lowest BCUT2D eigenvalue weighted by molar-refractivity contribution is -0.137. The molecule has 0 aliphatic carbocycles. The van der Waals surface area contributed by atoms with Gasteiger partial charge in [0.25, 0.3) is 0 Å². The molecule has 0 aliphatic heterocycles. The zero-order valence-corrected chi connectivity index (χ0v) is 11.8. The number of aromatic nitrogens is 1. The van der Waals surface area contributed by atoms with Gasteiger partial charge in [-0.15, -0.1) is 0 Å². The summed E-state index contributed by atoms with van der Waals surface area (Å²) in [5.41, 5.74) is -0.0342. The number of hydrogen-bond acceptors (Lipinski definition) is 3. The summed E-state index contributed by atoms with van der Waals surface area (Å²) in [6, 6.07) is 8.13. The van der Waals surface area contributed by atoms with Crippen LogP contribution in [-0.2, 0) is 12.7 Å². The van der Waals surface area contributed by atoms with Crippen molar-refractivity contribution in [2.24, 2.45) is 0 Å². The quantitative estimate of drug-likeness (QED) is 0.909. The second-order valence-electron chi connectivity index (χ2n) is 4.22. The molecule has 0 atom stereocenters. The van der Waals surface area contributed by atoms with E-state index in [9.17, 15) is 13.2 Å². The molecule has 7 heteroatoms. The highest BCUT2D eigenvalue weighted by atomic mass is 35.5. The van der Waals surface area contributed by atoms with E-state index in [1.807, 2.05) is 18.2 Å². The molecular weight excluding hydrogens is 305 g/mol. The van der Waals surface area contributed by atoms with E-state index in [1.165, 1.54) is 0 Å². The molecule has 0 amide bonds. The molecular formula is C14H12ClF3N2O. The summed E-state index contributed by atoms with van der Waals surface area (Å²) in [5.74, 6) is 0.864. The van der Waals surface area contributed by atoms with Gasteiger partial charge < -0.3 is 10.1 Å². The van der Waals surface area contributed by atoms with Gasteiger partial charge in [-0.1, -0.05) is 29.8 Å². The Kier molecular flexibility index (Phi) is 4.57. The minimum atomic E-state index is -4.46. The molecule has 0 bridgehead atoms. The number of methoxy groups -OCH3 is 1. The van der Waals surface area contributed by atoms with Gasteiger partial charge in [-0.05, 0) is 12.1 Å². The zero-order valence-electron chi connectivity index (χ0n) is 11.0. The van der Waals surface area contributed by atoms with Crippen molar-refractivity contribution in [3.05, 3.63) is 52.7 Å². The van der Waals surface area contributed by atoms with Crippen molar-refractivity contribution < 1.29 is 17.9 Å². The number of halogens is 4. The molecule has 0 saturated carbocycles. The van der Waals surface area contributed by atoms with Crippen LogP contribution in [-0.4, -0.2) is 12.1 Å². The Hall–Kier alpha value is -1.95. The number of alkyl halides is 3. The highest BCUT2D eigenvalue weighted by Crippen LogP contribution is 2.32. The summed E-state index contributed by atoms with van der Waals surface area (Å²) in [4.78, 5) is 3.71. The van der Waals surface area contributed by atoms with Crippen LogP contribution in [0.5, 0.6) is 5.75 Å². The van der Waals surface area contributed by atoms with Crippen LogP contribution in [0.2, 0.25) is 5.02 Å². The van der Waals surface area contributed by atoms with E-state index in [0.717, 1.165) is 17.8 Å². The molecule has 1 aromatic carbocycles. The first-order valence-electron chi connectivity index (χ1n) is 6.00. The molecule has 112 valence electrons. The molecule has 0 fully saturated rings. The van der Waals surface area contributed by atoms with Gasteiger partial charge in [0.15, 0.2) is 0 Å². The molecule has 0 unspecified atom stereocenters. The topological polar surface area (TPSA) is 34.1 Å². The standard InChI is InChI=1S/C14H12ClF3N2O/c1-21-12-5-3-2-4-9(12)7-19-13-11(15)6-10(8-20-13)14(16,17)18/h2-6,8H,7H2,1H3,(H,19,20). The van der Waals surface area contributed by atoms with E-state index in [1.54, 1.807) is 13.2 Å². The molecule has 2 rings (SSSR count). The summed E-state index contributed by atoms with van der Waals surface area (Å²) < 4.78 is 42.7. The Labute approximate surface area is 124 Å². The molecule has 0 saturated heterocycles. The number of para-hydroxylation sites is 1. The maximum Gasteiger partial charge on any atom is 0.417 e. The number of benzene rings is 1. The fourth-order valence-corrected chi connectivity index (χ4v) is 1.98. The van der Waals surface area contributed by atoms with Crippen LogP contribution in [0.15, 0.2) is 36.5 Å².